The van der Waals surface area contributed by atoms with Crippen LogP contribution in [0.2, 0.25) is 0 Å². The zero-order valence-electron chi connectivity index (χ0n) is 9.21. The topological polar surface area (TPSA) is 46.0 Å². The number of aromatic nitrogens is 2. The third-order valence-electron chi connectivity index (χ3n) is 2.56. The Morgan fingerprint density at radius 2 is 1.82 bits per heavy atom. The van der Waals surface area contributed by atoms with Gasteiger partial charge in [0.05, 0.1) is 15.9 Å². The number of hydrogen-bond acceptors (Lipinski definition) is 4. The van der Waals surface area contributed by atoms with Crippen LogP contribution in [-0.2, 0) is 0 Å². The van der Waals surface area contributed by atoms with E-state index < -0.39 is 0 Å². The first-order valence-corrected chi connectivity index (χ1v) is 6.13. The lowest BCUT2D eigenvalue weighted by Crippen LogP contribution is -1.91. The Balaban J connectivity index is 2.28. The molecule has 17 heavy (non-hydrogen) atoms. The highest BCUT2D eigenvalue weighted by molar-refractivity contribution is 7.17. The fourth-order valence-electron chi connectivity index (χ4n) is 1.79. The molecule has 0 saturated heterocycles. The van der Waals surface area contributed by atoms with E-state index >= 15 is 0 Å². The molecule has 0 amide bonds. The van der Waals surface area contributed by atoms with Crippen LogP contribution in [0.15, 0.2) is 35.7 Å². The Bertz CT molecular complexity index is 673. The molecular weight excluding hydrogens is 232 g/mol. The van der Waals surface area contributed by atoms with E-state index in [1.54, 1.807) is 23.5 Å². The van der Waals surface area contributed by atoms with Crippen molar-refractivity contribution in [2.45, 2.75) is 6.92 Å². The highest BCUT2D eigenvalue weighted by Gasteiger charge is 2.09. The van der Waals surface area contributed by atoms with Crippen LogP contribution < -0.4 is 0 Å². The molecule has 1 N–H and O–H groups in total. The Hall–Kier alpha value is -1.94. The summed E-state index contributed by atoms with van der Waals surface area (Å²) in [7, 11) is 0. The number of phenols is 1. The van der Waals surface area contributed by atoms with E-state index in [1.165, 1.54) is 0 Å². The SMILES string of the molecule is Cc1nc(-c2ccc(O)cc2)c2sccc2n1. The van der Waals surface area contributed by atoms with E-state index in [2.05, 4.69) is 9.97 Å². The van der Waals surface area contributed by atoms with E-state index in [-0.39, 0.29) is 5.75 Å². The number of hydrogen-bond donors (Lipinski definition) is 1. The molecule has 0 saturated carbocycles. The standard InChI is InChI=1S/C13H10N2OS/c1-8-14-11-6-7-17-13(11)12(15-8)9-2-4-10(16)5-3-9/h2-7,16H,1H3. The van der Waals surface area contributed by atoms with Gasteiger partial charge in [-0.3, -0.25) is 0 Å². The second-order valence-electron chi connectivity index (χ2n) is 3.80. The molecule has 2 aromatic heterocycles. The first-order valence-electron chi connectivity index (χ1n) is 5.25. The summed E-state index contributed by atoms with van der Waals surface area (Å²) >= 11 is 1.63. The zero-order chi connectivity index (χ0) is 11.8. The van der Waals surface area contributed by atoms with Gasteiger partial charge in [-0.05, 0) is 42.6 Å². The van der Waals surface area contributed by atoms with Gasteiger partial charge in [0.15, 0.2) is 0 Å². The fourth-order valence-corrected chi connectivity index (χ4v) is 2.64. The van der Waals surface area contributed by atoms with Crippen molar-refractivity contribution in [3.63, 3.8) is 0 Å². The zero-order valence-corrected chi connectivity index (χ0v) is 10.0. The summed E-state index contributed by atoms with van der Waals surface area (Å²) in [4.78, 5) is 8.88. The van der Waals surface area contributed by atoms with Crippen LogP contribution in [0, 0.1) is 6.92 Å². The third-order valence-corrected chi connectivity index (χ3v) is 3.47. The maximum atomic E-state index is 9.30. The minimum absolute atomic E-state index is 0.266. The van der Waals surface area contributed by atoms with Crippen LogP contribution in [0.25, 0.3) is 21.5 Å². The number of thiophene rings is 1. The second kappa shape index (κ2) is 3.82. The lowest BCUT2D eigenvalue weighted by atomic mass is 10.1. The average molecular weight is 242 g/mol. The van der Waals surface area contributed by atoms with Crippen LogP contribution in [-0.4, -0.2) is 15.1 Å². The quantitative estimate of drug-likeness (QED) is 0.711. The third kappa shape index (κ3) is 1.76. The molecule has 84 valence electrons. The Morgan fingerprint density at radius 3 is 2.59 bits per heavy atom. The number of fused-ring (bicyclic) bond motifs is 1. The van der Waals surface area contributed by atoms with Crippen molar-refractivity contribution < 1.29 is 5.11 Å². The Labute approximate surface area is 102 Å². The largest absolute Gasteiger partial charge is 0.508 e. The maximum absolute atomic E-state index is 9.30. The molecule has 2 heterocycles. The molecule has 3 rings (SSSR count). The van der Waals surface area contributed by atoms with E-state index in [9.17, 15) is 5.11 Å². The van der Waals surface area contributed by atoms with Crippen molar-refractivity contribution in [1.29, 1.82) is 0 Å². The second-order valence-corrected chi connectivity index (χ2v) is 4.72. The van der Waals surface area contributed by atoms with Gasteiger partial charge in [0.2, 0.25) is 0 Å². The maximum Gasteiger partial charge on any atom is 0.126 e. The summed E-state index contributed by atoms with van der Waals surface area (Å²) in [5, 5.41) is 11.3. The summed E-state index contributed by atoms with van der Waals surface area (Å²) < 4.78 is 1.08. The normalized spacial score (nSPS) is 10.9. The van der Waals surface area contributed by atoms with Gasteiger partial charge in [0, 0.05) is 5.56 Å². The summed E-state index contributed by atoms with van der Waals surface area (Å²) in [5.74, 6) is 1.03. The van der Waals surface area contributed by atoms with E-state index in [0.717, 1.165) is 27.3 Å². The van der Waals surface area contributed by atoms with Gasteiger partial charge in [0.25, 0.3) is 0 Å². The van der Waals surface area contributed by atoms with Gasteiger partial charge < -0.3 is 5.11 Å². The number of rotatable bonds is 1. The van der Waals surface area contributed by atoms with Crippen LogP contribution in [0.5, 0.6) is 5.75 Å². The van der Waals surface area contributed by atoms with Crippen LogP contribution in [0.3, 0.4) is 0 Å². The van der Waals surface area contributed by atoms with Gasteiger partial charge in [-0.2, -0.15) is 0 Å². The average Bonchev–Trinajstić information content (AvgIpc) is 2.77. The molecule has 0 fully saturated rings. The molecule has 0 spiro atoms. The first kappa shape index (κ1) is 10.2. The summed E-state index contributed by atoms with van der Waals surface area (Å²) in [6, 6.07) is 9.09. The molecule has 0 bridgehead atoms. The summed E-state index contributed by atoms with van der Waals surface area (Å²) in [6.45, 7) is 1.89. The van der Waals surface area contributed by atoms with Crippen LogP contribution in [0.1, 0.15) is 5.82 Å². The van der Waals surface area contributed by atoms with Crippen molar-refractivity contribution >= 4 is 21.6 Å². The minimum Gasteiger partial charge on any atom is -0.508 e. The molecule has 0 aliphatic rings. The predicted molar refractivity (Wildman–Crippen MR) is 69.3 cm³/mol. The van der Waals surface area contributed by atoms with Crippen molar-refractivity contribution in [3.8, 4) is 17.0 Å². The van der Waals surface area contributed by atoms with Crippen LogP contribution in [0.4, 0.5) is 0 Å². The highest BCUT2D eigenvalue weighted by atomic mass is 32.1. The molecule has 0 aliphatic carbocycles. The van der Waals surface area contributed by atoms with Gasteiger partial charge in [-0.15, -0.1) is 11.3 Å². The smallest absolute Gasteiger partial charge is 0.126 e. The lowest BCUT2D eigenvalue weighted by molar-refractivity contribution is 0.475. The fraction of sp³-hybridized carbons (Fsp3) is 0.0769. The summed E-state index contributed by atoms with van der Waals surface area (Å²) in [5.41, 5.74) is 2.91. The lowest BCUT2D eigenvalue weighted by Gasteiger charge is -2.03. The van der Waals surface area contributed by atoms with Crippen molar-refractivity contribution in [1.82, 2.24) is 9.97 Å². The monoisotopic (exact) mass is 242 g/mol. The van der Waals surface area contributed by atoms with Gasteiger partial charge in [0.1, 0.15) is 11.6 Å². The first-order chi connectivity index (χ1) is 8.24. The van der Waals surface area contributed by atoms with Gasteiger partial charge >= 0.3 is 0 Å². The number of benzene rings is 1. The Morgan fingerprint density at radius 1 is 1.06 bits per heavy atom. The molecule has 1 aromatic carbocycles. The van der Waals surface area contributed by atoms with Gasteiger partial charge in [-0.25, -0.2) is 9.97 Å². The number of nitrogens with zero attached hydrogens (tertiary/aromatic N) is 2. The van der Waals surface area contributed by atoms with E-state index in [1.807, 2.05) is 30.5 Å². The van der Waals surface area contributed by atoms with Crippen molar-refractivity contribution in [2.75, 3.05) is 0 Å². The number of phenolic OH excluding ortho intramolecular Hbond substituents is 1. The number of aryl methyl sites for hydroxylation is 1. The molecule has 3 aromatic rings. The van der Waals surface area contributed by atoms with Crippen molar-refractivity contribution in [2.24, 2.45) is 0 Å². The molecule has 0 radical (unpaired) electrons. The molecular formula is C13H10N2OS. The molecule has 4 heteroatoms. The van der Waals surface area contributed by atoms with Crippen LogP contribution >= 0.6 is 11.3 Å². The molecule has 0 atom stereocenters. The minimum atomic E-state index is 0.266. The molecule has 0 aliphatic heterocycles. The van der Waals surface area contributed by atoms with E-state index in [4.69, 9.17) is 0 Å². The van der Waals surface area contributed by atoms with Gasteiger partial charge in [-0.1, -0.05) is 0 Å². The number of aromatic hydroxyl groups is 1. The summed E-state index contributed by atoms with van der Waals surface area (Å²) in [6.07, 6.45) is 0. The predicted octanol–water partition coefficient (Wildman–Crippen LogP) is 3.37. The molecule has 0 unspecified atom stereocenters. The highest BCUT2D eigenvalue weighted by Crippen LogP contribution is 2.30. The van der Waals surface area contributed by atoms with E-state index in [0.29, 0.717) is 0 Å². The molecule has 3 nitrogen and oxygen atoms in total. The Kier molecular flexibility index (Phi) is 2.30. The van der Waals surface area contributed by atoms with Crippen molar-refractivity contribution in [3.05, 3.63) is 41.5 Å².